The molecule has 1 saturated heterocycles. The van der Waals surface area contributed by atoms with E-state index in [9.17, 15) is 18.0 Å². The van der Waals surface area contributed by atoms with Crippen LogP contribution in [0.4, 0.5) is 5.69 Å². The molecule has 0 radical (unpaired) electrons. The van der Waals surface area contributed by atoms with E-state index in [0.717, 1.165) is 17.4 Å². The van der Waals surface area contributed by atoms with E-state index in [1.54, 1.807) is 24.3 Å². The van der Waals surface area contributed by atoms with Gasteiger partial charge in [-0.15, -0.1) is 0 Å². The molecule has 0 unspecified atom stereocenters. The molecule has 0 atom stereocenters. The van der Waals surface area contributed by atoms with Gasteiger partial charge in [-0.05, 0) is 37.1 Å². The van der Waals surface area contributed by atoms with Crippen LogP contribution in [0.5, 0.6) is 0 Å². The highest BCUT2D eigenvalue weighted by Crippen LogP contribution is 2.20. The topological polar surface area (TPSA) is 88.5 Å². The predicted octanol–water partition coefficient (Wildman–Crippen LogP) is 1.92. The molecule has 1 aromatic carbocycles. The molecule has 138 valence electrons. The average molecular weight is 396 g/mol. The second-order valence-electron chi connectivity index (χ2n) is 5.94. The molecule has 2 heterocycles. The SMILES string of the molecule is O=C(Cn1cccc(S(=O)(=O)N2CCCC2)c1=O)Nc1ccccc1Cl. The van der Waals surface area contributed by atoms with Crippen molar-refractivity contribution in [1.29, 1.82) is 0 Å². The second kappa shape index (κ2) is 7.61. The Morgan fingerprint density at radius 3 is 2.50 bits per heavy atom. The summed E-state index contributed by atoms with van der Waals surface area (Å²) in [6, 6.07) is 9.45. The molecule has 1 fully saturated rings. The third-order valence-electron chi connectivity index (χ3n) is 4.13. The van der Waals surface area contributed by atoms with Gasteiger partial charge in [0, 0.05) is 19.3 Å². The molecule has 26 heavy (non-hydrogen) atoms. The van der Waals surface area contributed by atoms with Crippen molar-refractivity contribution in [1.82, 2.24) is 8.87 Å². The third-order valence-corrected chi connectivity index (χ3v) is 6.37. The summed E-state index contributed by atoms with van der Waals surface area (Å²) in [6.07, 6.45) is 2.94. The Kier molecular flexibility index (Phi) is 5.45. The number of nitrogens with one attached hydrogen (secondary N) is 1. The number of hydrogen-bond donors (Lipinski definition) is 1. The summed E-state index contributed by atoms with van der Waals surface area (Å²) in [5.41, 5.74) is -0.290. The average Bonchev–Trinajstić information content (AvgIpc) is 3.14. The van der Waals surface area contributed by atoms with Crippen LogP contribution in [0.25, 0.3) is 0 Å². The van der Waals surface area contributed by atoms with Gasteiger partial charge < -0.3 is 9.88 Å². The first-order valence-electron chi connectivity index (χ1n) is 8.13. The van der Waals surface area contributed by atoms with Crippen molar-refractivity contribution >= 4 is 33.2 Å². The summed E-state index contributed by atoms with van der Waals surface area (Å²) >= 11 is 5.99. The number of benzene rings is 1. The minimum Gasteiger partial charge on any atom is -0.323 e. The Hall–Kier alpha value is -2.16. The molecule has 1 N–H and O–H groups in total. The first kappa shape index (κ1) is 18.6. The highest BCUT2D eigenvalue weighted by molar-refractivity contribution is 7.89. The minimum atomic E-state index is -3.85. The fraction of sp³-hybridized carbons (Fsp3) is 0.294. The molecular formula is C17H18ClN3O4S. The quantitative estimate of drug-likeness (QED) is 0.837. The summed E-state index contributed by atoms with van der Waals surface area (Å²) < 4.78 is 27.6. The first-order chi connectivity index (χ1) is 12.4. The predicted molar refractivity (Wildman–Crippen MR) is 98.8 cm³/mol. The largest absolute Gasteiger partial charge is 0.323 e. The maximum Gasteiger partial charge on any atom is 0.271 e. The summed E-state index contributed by atoms with van der Waals surface area (Å²) in [6.45, 7) is 0.501. The zero-order valence-electron chi connectivity index (χ0n) is 13.9. The summed E-state index contributed by atoms with van der Waals surface area (Å²) in [5.74, 6) is -0.476. The van der Waals surface area contributed by atoms with Gasteiger partial charge in [0.1, 0.15) is 11.4 Å². The number of aromatic nitrogens is 1. The van der Waals surface area contributed by atoms with Gasteiger partial charge in [-0.1, -0.05) is 23.7 Å². The van der Waals surface area contributed by atoms with Crippen molar-refractivity contribution < 1.29 is 13.2 Å². The van der Waals surface area contributed by atoms with Gasteiger partial charge in [0.25, 0.3) is 5.56 Å². The molecule has 3 rings (SSSR count). The summed E-state index contributed by atoms with van der Waals surface area (Å²) in [5, 5.41) is 2.98. The Morgan fingerprint density at radius 2 is 1.81 bits per heavy atom. The molecule has 1 amide bonds. The zero-order chi connectivity index (χ0) is 18.7. The molecule has 0 spiro atoms. The number of pyridine rings is 1. The van der Waals surface area contributed by atoms with Crippen molar-refractivity contribution in [3.05, 3.63) is 58.0 Å². The van der Waals surface area contributed by atoms with Crippen molar-refractivity contribution in [2.75, 3.05) is 18.4 Å². The van der Waals surface area contributed by atoms with E-state index in [-0.39, 0.29) is 11.4 Å². The molecule has 0 saturated carbocycles. The van der Waals surface area contributed by atoms with Crippen molar-refractivity contribution in [3.63, 3.8) is 0 Å². The highest BCUT2D eigenvalue weighted by Gasteiger charge is 2.30. The number of carbonyl (C=O) groups excluding carboxylic acids is 1. The molecular weight excluding hydrogens is 378 g/mol. The molecule has 0 aliphatic carbocycles. The normalized spacial score (nSPS) is 15.1. The van der Waals surface area contributed by atoms with Crippen LogP contribution in [0.3, 0.4) is 0 Å². The molecule has 0 bridgehead atoms. The lowest BCUT2D eigenvalue weighted by molar-refractivity contribution is -0.116. The maximum absolute atomic E-state index is 12.6. The first-order valence-corrected chi connectivity index (χ1v) is 9.95. The molecule has 2 aromatic rings. The van der Waals surface area contributed by atoms with E-state index in [0.29, 0.717) is 23.8 Å². The molecule has 1 aromatic heterocycles. The fourth-order valence-corrected chi connectivity index (χ4v) is 4.60. The Labute approximate surface area is 156 Å². The van der Waals surface area contributed by atoms with Crippen LogP contribution < -0.4 is 10.9 Å². The van der Waals surface area contributed by atoms with E-state index in [2.05, 4.69) is 5.32 Å². The monoisotopic (exact) mass is 395 g/mol. The Morgan fingerprint density at radius 1 is 1.12 bits per heavy atom. The molecule has 7 nitrogen and oxygen atoms in total. The minimum absolute atomic E-state index is 0.312. The molecule has 1 aliphatic heterocycles. The van der Waals surface area contributed by atoms with Crippen molar-refractivity contribution in [2.45, 2.75) is 24.3 Å². The fourth-order valence-electron chi connectivity index (χ4n) is 2.81. The van der Waals surface area contributed by atoms with Crippen LogP contribution in [0, 0.1) is 0 Å². The van der Waals surface area contributed by atoms with Crippen LogP contribution in [-0.4, -0.2) is 36.3 Å². The van der Waals surface area contributed by atoms with Crippen LogP contribution in [0.1, 0.15) is 12.8 Å². The number of halogens is 1. The highest BCUT2D eigenvalue weighted by atomic mass is 35.5. The number of para-hydroxylation sites is 1. The van der Waals surface area contributed by atoms with E-state index in [4.69, 9.17) is 11.6 Å². The number of hydrogen-bond acceptors (Lipinski definition) is 4. The van der Waals surface area contributed by atoms with Crippen molar-refractivity contribution in [3.8, 4) is 0 Å². The Balaban J connectivity index is 1.82. The van der Waals surface area contributed by atoms with Crippen LogP contribution in [0.15, 0.2) is 52.3 Å². The standard InChI is InChI=1S/C17H18ClN3O4S/c18-13-6-1-2-7-14(13)19-16(22)12-20-9-5-8-15(17(20)23)26(24,25)21-10-3-4-11-21/h1-2,5-9H,3-4,10-12H2,(H,19,22). The van der Waals surface area contributed by atoms with Gasteiger partial charge in [0.2, 0.25) is 15.9 Å². The number of carbonyl (C=O) groups is 1. The molecule has 1 aliphatic rings. The number of rotatable bonds is 5. The van der Waals surface area contributed by atoms with E-state index < -0.39 is 21.5 Å². The van der Waals surface area contributed by atoms with Gasteiger partial charge in [-0.2, -0.15) is 4.31 Å². The number of sulfonamides is 1. The van der Waals surface area contributed by atoms with E-state index in [1.807, 2.05) is 0 Å². The van der Waals surface area contributed by atoms with Gasteiger partial charge in [0.05, 0.1) is 10.7 Å². The lowest BCUT2D eigenvalue weighted by atomic mass is 10.3. The Bertz CT molecular complexity index is 981. The third kappa shape index (κ3) is 3.82. The van der Waals surface area contributed by atoms with Crippen LogP contribution in [-0.2, 0) is 21.4 Å². The summed E-state index contributed by atoms with van der Waals surface area (Å²) in [4.78, 5) is 24.5. The zero-order valence-corrected chi connectivity index (χ0v) is 15.5. The van der Waals surface area contributed by atoms with Gasteiger partial charge >= 0.3 is 0 Å². The smallest absolute Gasteiger partial charge is 0.271 e. The maximum atomic E-state index is 12.6. The number of anilines is 1. The lowest BCUT2D eigenvalue weighted by Gasteiger charge is -2.16. The number of nitrogens with zero attached hydrogens (tertiary/aromatic N) is 2. The van der Waals surface area contributed by atoms with E-state index >= 15 is 0 Å². The van der Waals surface area contributed by atoms with Gasteiger partial charge in [-0.3, -0.25) is 9.59 Å². The molecule has 9 heteroatoms. The number of amides is 1. The van der Waals surface area contributed by atoms with E-state index in [1.165, 1.54) is 22.6 Å². The van der Waals surface area contributed by atoms with Gasteiger partial charge in [0.15, 0.2) is 0 Å². The van der Waals surface area contributed by atoms with Crippen LogP contribution >= 0.6 is 11.6 Å². The van der Waals surface area contributed by atoms with Crippen molar-refractivity contribution in [2.24, 2.45) is 0 Å². The summed E-state index contributed by atoms with van der Waals surface area (Å²) in [7, 11) is -3.85. The van der Waals surface area contributed by atoms with Gasteiger partial charge in [-0.25, -0.2) is 8.42 Å². The lowest BCUT2D eigenvalue weighted by Crippen LogP contribution is -2.36. The van der Waals surface area contributed by atoms with Crippen LogP contribution in [0.2, 0.25) is 5.02 Å². The second-order valence-corrected chi connectivity index (χ2v) is 8.26.